The van der Waals surface area contributed by atoms with E-state index in [0.717, 1.165) is 24.3 Å². The molecule has 0 bridgehead atoms. The standard InChI is InChI=1S/C13H6F2N2O3/c14-9-3-10(17(18)19)5-12(4-9)20-11-2-1-8(7-16)13(15)6-11/h1-6H. The van der Waals surface area contributed by atoms with Gasteiger partial charge < -0.3 is 4.74 Å². The van der Waals surface area contributed by atoms with E-state index in [1.54, 1.807) is 6.07 Å². The smallest absolute Gasteiger partial charge is 0.276 e. The van der Waals surface area contributed by atoms with Crippen molar-refractivity contribution in [2.24, 2.45) is 0 Å². The van der Waals surface area contributed by atoms with E-state index >= 15 is 0 Å². The Bertz CT molecular complexity index is 726. The van der Waals surface area contributed by atoms with Crippen LogP contribution in [0.4, 0.5) is 14.5 Å². The van der Waals surface area contributed by atoms with E-state index in [4.69, 9.17) is 10.00 Å². The zero-order valence-corrected chi connectivity index (χ0v) is 9.84. The van der Waals surface area contributed by atoms with Crippen molar-refractivity contribution in [3.63, 3.8) is 0 Å². The largest absolute Gasteiger partial charge is 0.457 e. The first kappa shape index (κ1) is 13.4. The van der Waals surface area contributed by atoms with Crippen LogP contribution < -0.4 is 4.74 Å². The van der Waals surface area contributed by atoms with Crippen LogP contribution in [0.25, 0.3) is 0 Å². The topological polar surface area (TPSA) is 76.2 Å². The first-order valence-electron chi connectivity index (χ1n) is 5.32. The van der Waals surface area contributed by atoms with Crippen molar-refractivity contribution in [1.29, 1.82) is 5.26 Å². The fraction of sp³-hybridized carbons (Fsp3) is 0. The number of ether oxygens (including phenoxy) is 1. The molecule has 0 radical (unpaired) electrons. The van der Waals surface area contributed by atoms with Crippen molar-refractivity contribution in [2.45, 2.75) is 0 Å². The van der Waals surface area contributed by atoms with Crippen LogP contribution in [0, 0.1) is 33.1 Å². The molecule has 2 rings (SSSR count). The van der Waals surface area contributed by atoms with Gasteiger partial charge in [-0.05, 0) is 12.1 Å². The molecule has 0 N–H and O–H groups in total. The molecule has 2 aromatic carbocycles. The molecule has 0 unspecified atom stereocenters. The van der Waals surface area contributed by atoms with Gasteiger partial charge in [0, 0.05) is 12.1 Å². The van der Waals surface area contributed by atoms with Crippen LogP contribution in [-0.4, -0.2) is 4.92 Å². The molecule has 0 aliphatic rings. The van der Waals surface area contributed by atoms with Gasteiger partial charge in [-0.15, -0.1) is 0 Å². The number of non-ortho nitro benzene ring substituents is 1. The van der Waals surface area contributed by atoms with Gasteiger partial charge in [-0.3, -0.25) is 10.1 Å². The normalized spacial score (nSPS) is 9.85. The monoisotopic (exact) mass is 276 g/mol. The molecule has 0 amide bonds. The predicted octanol–water partition coefficient (Wildman–Crippen LogP) is 3.54. The minimum atomic E-state index is -0.844. The second-order valence-corrected chi connectivity index (χ2v) is 3.76. The summed E-state index contributed by atoms with van der Waals surface area (Å²) >= 11 is 0. The number of nitrogens with zero attached hydrogens (tertiary/aromatic N) is 2. The number of nitro benzene ring substituents is 1. The highest BCUT2D eigenvalue weighted by Gasteiger charge is 2.12. The van der Waals surface area contributed by atoms with Gasteiger partial charge in [0.25, 0.3) is 5.69 Å². The molecule has 0 aliphatic heterocycles. The molecule has 5 nitrogen and oxygen atoms in total. The van der Waals surface area contributed by atoms with Crippen LogP contribution in [0.3, 0.4) is 0 Å². The SMILES string of the molecule is N#Cc1ccc(Oc2cc(F)cc([N+](=O)[O-])c2)cc1F. The summed E-state index contributed by atoms with van der Waals surface area (Å²) < 4.78 is 31.7. The Balaban J connectivity index is 2.33. The second-order valence-electron chi connectivity index (χ2n) is 3.76. The van der Waals surface area contributed by atoms with E-state index in [2.05, 4.69) is 0 Å². The van der Waals surface area contributed by atoms with Crippen LogP contribution >= 0.6 is 0 Å². The Morgan fingerprint density at radius 1 is 1.15 bits per heavy atom. The van der Waals surface area contributed by atoms with Crippen LogP contribution in [0.15, 0.2) is 36.4 Å². The molecule has 0 fully saturated rings. The third-order valence-corrected chi connectivity index (χ3v) is 2.36. The molecule has 0 heterocycles. The lowest BCUT2D eigenvalue weighted by Crippen LogP contribution is -1.92. The summed E-state index contributed by atoms with van der Waals surface area (Å²) in [6.07, 6.45) is 0. The van der Waals surface area contributed by atoms with Gasteiger partial charge in [-0.2, -0.15) is 5.26 Å². The Morgan fingerprint density at radius 3 is 2.50 bits per heavy atom. The average molecular weight is 276 g/mol. The number of benzene rings is 2. The number of hydrogen-bond donors (Lipinski definition) is 0. The Kier molecular flexibility index (Phi) is 3.57. The summed E-state index contributed by atoms with van der Waals surface area (Å²) in [5, 5.41) is 19.2. The van der Waals surface area contributed by atoms with Gasteiger partial charge in [0.1, 0.15) is 29.2 Å². The Morgan fingerprint density at radius 2 is 1.90 bits per heavy atom. The van der Waals surface area contributed by atoms with E-state index in [-0.39, 0.29) is 17.1 Å². The molecule has 0 saturated carbocycles. The minimum Gasteiger partial charge on any atom is -0.457 e. The molecule has 0 atom stereocenters. The van der Waals surface area contributed by atoms with E-state index in [9.17, 15) is 18.9 Å². The van der Waals surface area contributed by atoms with Crippen LogP contribution in [0.5, 0.6) is 11.5 Å². The van der Waals surface area contributed by atoms with E-state index in [0.29, 0.717) is 0 Å². The van der Waals surface area contributed by atoms with E-state index < -0.39 is 22.2 Å². The average Bonchev–Trinajstić information content (AvgIpc) is 2.38. The third kappa shape index (κ3) is 2.87. The molecule has 20 heavy (non-hydrogen) atoms. The van der Waals surface area contributed by atoms with Crippen LogP contribution in [-0.2, 0) is 0 Å². The number of nitro groups is 1. The molecule has 7 heteroatoms. The maximum atomic E-state index is 13.4. The van der Waals surface area contributed by atoms with Crippen molar-refractivity contribution in [2.75, 3.05) is 0 Å². The van der Waals surface area contributed by atoms with Crippen LogP contribution in [0.2, 0.25) is 0 Å². The lowest BCUT2D eigenvalue weighted by atomic mass is 10.2. The highest BCUT2D eigenvalue weighted by atomic mass is 19.1. The maximum Gasteiger partial charge on any atom is 0.276 e. The summed E-state index contributed by atoms with van der Waals surface area (Å²) in [5.41, 5.74) is -0.642. The Labute approximate surface area is 111 Å². The first-order chi connectivity index (χ1) is 9.49. The van der Waals surface area contributed by atoms with Gasteiger partial charge in [-0.1, -0.05) is 0 Å². The molecular weight excluding hydrogens is 270 g/mol. The highest BCUT2D eigenvalue weighted by Crippen LogP contribution is 2.27. The summed E-state index contributed by atoms with van der Waals surface area (Å²) in [6.45, 7) is 0. The molecule has 0 saturated heterocycles. The first-order valence-corrected chi connectivity index (χ1v) is 5.32. The molecule has 0 aliphatic carbocycles. The molecule has 2 aromatic rings. The van der Waals surface area contributed by atoms with E-state index in [1.807, 2.05) is 0 Å². The highest BCUT2D eigenvalue weighted by molar-refractivity contribution is 5.43. The number of halogens is 2. The lowest BCUT2D eigenvalue weighted by Gasteiger charge is -2.06. The summed E-state index contributed by atoms with van der Waals surface area (Å²) in [5.74, 6) is -1.78. The molecule has 100 valence electrons. The molecule has 0 spiro atoms. The number of rotatable bonds is 3. The second kappa shape index (κ2) is 5.32. The van der Waals surface area contributed by atoms with Crippen molar-refractivity contribution >= 4 is 5.69 Å². The van der Waals surface area contributed by atoms with Gasteiger partial charge in [0.2, 0.25) is 0 Å². The number of nitriles is 1. The van der Waals surface area contributed by atoms with Crippen molar-refractivity contribution in [3.05, 3.63) is 63.7 Å². The predicted molar refractivity (Wildman–Crippen MR) is 64.2 cm³/mol. The summed E-state index contributed by atoms with van der Waals surface area (Å²) in [4.78, 5) is 9.81. The summed E-state index contributed by atoms with van der Waals surface area (Å²) in [7, 11) is 0. The fourth-order valence-corrected chi connectivity index (χ4v) is 1.50. The third-order valence-electron chi connectivity index (χ3n) is 2.36. The fourth-order valence-electron chi connectivity index (χ4n) is 1.50. The van der Waals surface area contributed by atoms with Gasteiger partial charge in [-0.25, -0.2) is 8.78 Å². The van der Waals surface area contributed by atoms with Crippen molar-refractivity contribution in [3.8, 4) is 17.6 Å². The van der Waals surface area contributed by atoms with Gasteiger partial charge in [0.15, 0.2) is 0 Å². The minimum absolute atomic E-state index is 0.00129. The quantitative estimate of drug-likeness (QED) is 0.634. The van der Waals surface area contributed by atoms with Crippen LogP contribution in [0.1, 0.15) is 5.56 Å². The number of hydrogen-bond acceptors (Lipinski definition) is 4. The maximum absolute atomic E-state index is 13.4. The zero-order valence-electron chi connectivity index (χ0n) is 9.84. The van der Waals surface area contributed by atoms with Gasteiger partial charge in [0.05, 0.1) is 22.6 Å². The van der Waals surface area contributed by atoms with Gasteiger partial charge >= 0.3 is 0 Å². The zero-order chi connectivity index (χ0) is 14.7. The van der Waals surface area contributed by atoms with Crippen molar-refractivity contribution in [1.82, 2.24) is 0 Å². The Hall–Kier alpha value is -3.01. The van der Waals surface area contributed by atoms with Crippen molar-refractivity contribution < 1.29 is 18.4 Å². The lowest BCUT2D eigenvalue weighted by molar-refractivity contribution is -0.385. The molecular formula is C13H6F2N2O3. The molecule has 0 aromatic heterocycles. The summed E-state index contributed by atoms with van der Waals surface area (Å²) in [6, 6.07) is 7.77. The van der Waals surface area contributed by atoms with E-state index in [1.165, 1.54) is 12.1 Å².